The molecule has 1 atom stereocenters. The monoisotopic (exact) mass is 580 g/mol. The molecule has 42 heavy (non-hydrogen) atoms. The van der Waals surface area contributed by atoms with E-state index in [1.165, 1.54) is 37.4 Å². The standard InChI is InChI=1S/C32H33F2N3O5/c1-21-10-7-14-26(33)25(21)18-36-22(2)29(24-13-8-15-28(41-3)30(24)34)31(39)37(32(36)40)19-27(23-11-5-4-6-12-23)35-16-9-17-42-20-38/h4-8,10-15,20,27,35H,9,16-19H2,1-3H3/t27-/m0/s1/i2D3. The minimum atomic E-state index is -3.09. The minimum absolute atomic E-state index is 0.0419. The maximum absolute atomic E-state index is 15.8. The molecular weight excluding hydrogens is 544 g/mol. The molecule has 4 rings (SSSR count). The average Bonchev–Trinajstić information content (AvgIpc) is 3.01. The summed E-state index contributed by atoms with van der Waals surface area (Å²) in [6.07, 6.45) is 0.423. The van der Waals surface area contributed by atoms with Gasteiger partial charge >= 0.3 is 5.69 Å². The van der Waals surface area contributed by atoms with Crippen LogP contribution in [0.3, 0.4) is 0 Å². The second-order valence-electron chi connectivity index (χ2n) is 9.60. The topological polar surface area (TPSA) is 91.6 Å². The molecule has 0 spiro atoms. The highest BCUT2D eigenvalue weighted by molar-refractivity contribution is 5.67. The van der Waals surface area contributed by atoms with Crippen LogP contribution in [0, 0.1) is 25.4 Å². The van der Waals surface area contributed by atoms with Gasteiger partial charge in [0, 0.05) is 20.9 Å². The maximum Gasteiger partial charge on any atom is 0.331 e. The molecule has 0 bridgehead atoms. The van der Waals surface area contributed by atoms with Crippen molar-refractivity contribution in [2.24, 2.45) is 0 Å². The largest absolute Gasteiger partial charge is 0.494 e. The van der Waals surface area contributed by atoms with Crippen molar-refractivity contribution in [1.82, 2.24) is 14.5 Å². The zero-order valence-electron chi connectivity index (χ0n) is 26.2. The fourth-order valence-electron chi connectivity index (χ4n) is 4.77. The Bertz CT molecular complexity index is 1760. The molecule has 0 fully saturated rings. The third-order valence-electron chi connectivity index (χ3n) is 7.01. The van der Waals surface area contributed by atoms with E-state index < -0.39 is 53.6 Å². The lowest BCUT2D eigenvalue weighted by molar-refractivity contribution is -0.128. The van der Waals surface area contributed by atoms with E-state index in [0.717, 1.165) is 9.13 Å². The van der Waals surface area contributed by atoms with Gasteiger partial charge in [0.05, 0.1) is 38.4 Å². The van der Waals surface area contributed by atoms with Crippen molar-refractivity contribution < 1.29 is 27.2 Å². The lowest BCUT2D eigenvalue weighted by atomic mass is 10.0. The minimum Gasteiger partial charge on any atom is -0.494 e. The molecule has 0 saturated heterocycles. The van der Waals surface area contributed by atoms with Crippen LogP contribution >= 0.6 is 0 Å². The molecule has 1 N–H and O–H groups in total. The van der Waals surface area contributed by atoms with Crippen molar-refractivity contribution in [2.75, 3.05) is 20.3 Å². The van der Waals surface area contributed by atoms with Crippen LogP contribution in [0.5, 0.6) is 5.75 Å². The predicted molar refractivity (Wildman–Crippen MR) is 156 cm³/mol. The van der Waals surface area contributed by atoms with E-state index in [4.69, 9.17) is 13.6 Å². The van der Waals surface area contributed by atoms with Gasteiger partial charge in [0.2, 0.25) is 0 Å². The number of carbonyl (C=O) groups excluding carboxylic acids is 1. The fraction of sp³-hybridized carbons (Fsp3) is 0.281. The molecule has 10 heteroatoms. The number of ether oxygens (including phenoxy) is 2. The van der Waals surface area contributed by atoms with Gasteiger partial charge < -0.3 is 14.8 Å². The molecule has 3 aromatic carbocycles. The van der Waals surface area contributed by atoms with Gasteiger partial charge in [-0.25, -0.2) is 13.6 Å². The summed E-state index contributed by atoms with van der Waals surface area (Å²) >= 11 is 0. The van der Waals surface area contributed by atoms with Gasteiger partial charge in [0.15, 0.2) is 11.6 Å². The average molecular weight is 581 g/mol. The van der Waals surface area contributed by atoms with Gasteiger partial charge in [-0.05, 0) is 50.0 Å². The molecule has 0 radical (unpaired) electrons. The number of rotatable bonds is 13. The van der Waals surface area contributed by atoms with Crippen LogP contribution < -0.4 is 21.3 Å². The van der Waals surface area contributed by atoms with Crippen molar-refractivity contribution in [3.05, 3.63) is 122 Å². The first-order chi connectivity index (χ1) is 21.5. The highest BCUT2D eigenvalue weighted by atomic mass is 19.1. The summed E-state index contributed by atoms with van der Waals surface area (Å²) in [5.41, 5.74) is -2.52. The summed E-state index contributed by atoms with van der Waals surface area (Å²) < 4.78 is 67.4. The van der Waals surface area contributed by atoms with E-state index >= 15 is 8.78 Å². The van der Waals surface area contributed by atoms with Crippen LogP contribution in [0.15, 0.2) is 76.3 Å². The summed E-state index contributed by atoms with van der Waals surface area (Å²) in [4.78, 5) is 39.0. The molecule has 0 aliphatic heterocycles. The van der Waals surface area contributed by atoms with E-state index in [0.29, 0.717) is 30.6 Å². The third-order valence-corrected chi connectivity index (χ3v) is 7.01. The second-order valence-corrected chi connectivity index (χ2v) is 9.60. The van der Waals surface area contributed by atoms with Crippen LogP contribution in [0.4, 0.5) is 8.78 Å². The number of hydrogen-bond acceptors (Lipinski definition) is 6. The summed E-state index contributed by atoms with van der Waals surface area (Å²) in [5.74, 6) is -1.90. The summed E-state index contributed by atoms with van der Waals surface area (Å²) in [6, 6.07) is 16.5. The Hall–Kier alpha value is -4.57. The van der Waals surface area contributed by atoms with Crippen LogP contribution in [-0.2, 0) is 22.6 Å². The Labute approximate surface area is 246 Å². The fourth-order valence-corrected chi connectivity index (χ4v) is 4.77. The normalized spacial score (nSPS) is 13.1. The van der Waals surface area contributed by atoms with Gasteiger partial charge in [0.25, 0.3) is 12.0 Å². The molecule has 4 aromatic rings. The molecule has 220 valence electrons. The SMILES string of the molecule is [2H]C([2H])([2H])c1c(-c2cccc(OC)c2F)c(=O)n(C[C@H](NCCCOC=O)c2ccccc2)c(=O)n1Cc1c(C)cccc1F. The number of hydrogen-bond donors (Lipinski definition) is 1. The number of halogens is 2. The number of nitrogens with zero attached hydrogens (tertiary/aromatic N) is 2. The van der Waals surface area contributed by atoms with Gasteiger partial charge in [0.1, 0.15) is 5.82 Å². The van der Waals surface area contributed by atoms with Crippen molar-refractivity contribution in [2.45, 2.75) is 39.3 Å². The first-order valence-electron chi connectivity index (χ1n) is 14.8. The maximum atomic E-state index is 15.8. The Morgan fingerprint density at radius 3 is 2.48 bits per heavy atom. The van der Waals surface area contributed by atoms with Crippen molar-refractivity contribution in [3.8, 4) is 16.9 Å². The lowest BCUT2D eigenvalue weighted by Gasteiger charge is -2.23. The molecule has 8 nitrogen and oxygen atoms in total. The van der Waals surface area contributed by atoms with E-state index in [1.807, 2.05) is 0 Å². The predicted octanol–water partition coefficient (Wildman–Crippen LogP) is 4.52. The first-order valence-corrected chi connectivity index (χ1v) is 13.3. The lowest BCUT2D eigenvalue weighted by Crippen LogP contribution is -2.45. The Balaban J connectivity index is 2.01. The number of benzene rings is 3. The molecule has 0 amide bonds. The molecule has 1 heterocycles. The molecule has 0 unspecified atom stereocenters. The van der Waals surface area contributed by atoms with Crippen LogP contribution in [-0.4, -0.2) is 35.9 Å². The zero-order valence-corrected chi connectivity index (χ0v) is 23.2. The second kappa shape index (κ2) is 13.9. The molecule has 0 aliphatic carbocycles. The molecule has 0 aliphatic rings. The number of carbonyl (C=O) groups is 1. The molecule has 0 saturated carbocycles. The highest BCUT2D eigenvalue weighted by Gasteiger charge is 2.24. The quantitative estimate of drug-likeness (QED) is 0.185. The Morgan fingerprint density at radius 2 is 1.79 bits per heavy atom. The van der Waals surface area contributed by atoms with E-state index in [-0.39, 0.29) is 30.0 Å². The van der Waals surface area contributed by atoms with Crippen molar-refractivity contribution >= 4 is 6.47 Å². The van der Waals surface area contributed by atoms with Gasteiger partial charge in [-0.1, -0.05) is 54.6 Å². The van der Waals surface area contributed by atoms with Crippen molar-refractivity contribution in [3.63, 3.8) is 0 Å². The van der Waals surface area contributed by atoms with Crippen LogP contribution in [0.25, 0.3) is 11.1 Å². The van der Waals surface area contributed by atoms with Crippen LogP contribution in [0.1, 0.15) is 39.0 Å². The van der Waals surface area contributed by atoms with Crippen molar-refractivity contribution in [1.29, 1.82) is 0 Å². The Kier molecular flexibility index (Phi) is 8.69. The highest BCUT2D eigenvalue weighted by Crippen LogP contribution is 2.29. The third kappa shape index (κ3) is 6.49. The number of aryl methyl sites for hydroxylation is 1. The first kappa shape index (κ1) is 26.3. The number of methoxy groups -OCH3 is 1. The summed E-state index contributed by atoms with van der Waals surface area (Å²) in [6.45, 7) is -1.49. The smallest absolute Gasteiger partial charge is 0.331 e. The van der Waals surface area contributed by atoms with Gasteiger partial charge in [-0.15, -0.1) is 0 Å². The number of nitrogens with one attached hydrogen (secondary N) is 1. The Morgan fingerprint density at radius 1 is 1.02 bits per heavy atom. The van der Waals surface area contributed by atoms with E-state index in [1.54, 1.807) is 43.3 Å². The zero-order chi connectivity index (χ0) is 32.7. The molecular formula is C32H33F2N3O5. The number of aromatic nitrogens is 2. The van der Waals surface area contributed by atoms with Gasteiger partial charge in [-0.2, -0.15) is 0 Å². The van der Waals surface area contributed by atoms with Crippen LogP contribution in [0.2, 0.25) is 0 Å². The summed E-state index contributed by atoms with van der Waals surface area (Å²) in [7, 11) is 1.23. The summed E-state index contributed by atoms with van der Waals surface area (Å²) in [5, 5.41) is 3.25. The van der Waals surface area contributed by atoms with E-state index in [9.17, 15) is 14.4 Å². The van der Waals surface area contributed by atoms with Gasteiger partial charge in [-0.3, -0.25) is 18.7 Å². The van der Waals surface area contributed by atoms with E-state index in [2.05, 4.69) is 5.32 Å². The molecule has 1 aromatic heterocycles.